The average Bonchev–Trinajstić information content (AvgIpc) is 2.31. The molecule has 4 N–H and O–H groups in total. The molecule has 0 atom stereocenters. The molecule has 1 saturated carbocycles. The van der Waals surface area contributed by atoms with Gasteiger partial charge in [0.2, 0.25) is 11.8 Å². The molecule has 2 rings (SSSR count). The van der Waals surface area contributed by atoms with Crippen molar-refractivity contribution in [2.75, 3.05) is 0 Å². The molecular weight excluding hydrogens is 230 g/mol. The van der Waals surface area contributed by atoms with E-state index in [1.165, 1.54) is 0 Å². The van der Waals surface area contributed by atoms with Gasteiger partial charge in [-0.1, -0.05) is 0 Å². The molecule has 0 unspecified atom stereocenters. The van der Waals surface area contributed by atoms with E-state index in [9.17, 15) is 4.79 Å². The van der Waals surface area contributed by atoms with Gasteiger partial charge in [-0.05, 0) is 38.7 Å². The monoisotopic (exact) mass is 249 g/mol. The van der Waals surface area contributed by atoms with E-state index in [1.807, 2.05) is 6.92 Å². The fourth-order valence-electron chi connectivity index (χ4n) is 2.22. The summed E-state index contributed by atoms with van der Waals surface area (Å²) in [4.78, 5) is 15.4. The third kappa shape index (κ3) is 3.20. The number of rotatable bonds is 3. The Hall–Kier alpha value is -1.62. The van der Waals surface area contributed by atoms with Crippen LogP contribution in [0.1, 0.15) is 41.7 Å². The van der Waals surface area contributed by atoms with Gasteiger partial charge in [0.05, 0.1) is 0 Å². The number of aromatic nitrogens is 1. The van der Waals surface area contributed by atoms with Crippen molar-refractivity contribution < 1.29 is 9.53 Å². The lowest BCUT2D eigenvalue weighted by Gasteiger charge is -2.26. The molecule has 0 radical (unpaired) electrons. The van der Waals surface area contributed by atoms with Crippen molar-refractivity contribution in [1.29, 1.82) is 0 Å². The van der Waals surface area contributed by atoms with Crippen LogP contribution in [-0.4, -0.2) is 23.0 Å². The number of carbonyl (C=O) groups excluding carboxylic acids is 1. The van der Waals surface area contributed by atoms with E-state index in [-0.39, 0.29) is 12.1 Å². The maximum atomic E-state index is 11.2. The van der Waals surface area contributed by atoms with Gasteiger partial charge in [0.15, 0.2) is 0 Å². The van der Waals surface area contributed by atoms with Crippen molar-refractivity contribution in [3.05, 3.63) is 23.4 Å². The summed E-state index contributed by atoms with van der Waals surface area (Å²) in [5.41, 5.74) is 12.3. The van der Waals surface area contributed by atoms with E-state index in [4.69, 9.17) is 16.2 Å². The van der Waals surface area contributed by atoms with E-state index >= 15 is 0 Å². The minimum absolute atomic E-state index is 0.139. The van der Waals surface area contributed by atoms with Crippen molar-refractivity contribution >= 4 is 5.91 Å². The largest absolute Gasteiger partial charge is 0.474 e. The molecule has 5 nitrogen and oxygen atoms in total. The lowest BCUT2D eigenvalue weighted by atomic mass is 9.94. The Morgan fingerprint density at radius 3 is 2.61 bits per heavy atom. The summed E-state index contributed by atoms with van der Waals surface area (Å²) in [5, 5.41) is 0. The van der Waals surface area contributed by atoms with E-state index in [2.05, 4.69) is 4.98 Å². The smallest absolute Gasteiger partial charge is 0.248 e. The number of primary amides is 1. The van der Waals surface area contributed by atoms with Gasteiger partial charge in [-0.25, -0.2) is 4.98 Å². The van der Waals surface area contributed by atoms with Crippen LogP contribution in [-0.2, 0) is 0 Å². The standard InChI is InChI=1S/C13H19N3O2/c1-8-6-9(13(15)17)7-12(16-8)18-11-4-2-10(14)3-5-11/h6-7,10-11H,2-5,14H2,1H3,(H2,15,17). The number of aryl methyl sites for hydroxylation is 1. The first-order valence-electron chi connectivity index (χ1n) is 6.25. The summed E-state index contributed by atoms with van der Waals surface area (Å²) < 4.78 is 5.80. The van der Waals surface area contributed by atoms with Crippen LogP contribution < -0.4 is 16.2 Å². The van der Waals surface area contributed by atoms with Crippen molar-refractivity contribution in [1.82, 2.24) is 4.98 Å². The number of pyridine rings is 1. The average molecular weight is 249 g/mol. The summed E-state index contributed by atoms with van der Waals surface area (Å²) >= 11 is 0. The lowest BCUT2D eigenvalue weighted by Crippen LogP contribution is -2.31. The van der Waals surface area contributed by atoms with Gasteiger partial charge in [0, 0.05) is 23.4 Å². The zero-order valence-electron chi connectivity index (χ0n) is 10.6. The molecule has 1 heterocycles. The van der Waals surface area contributed by atoms with Crippen LogP contribution in [0.5, 0.6) is 5.88 Å². The molecule has 98 valence electrons. The van der Waals surface area contributed by atoms with Gasteiger partial charge in [-0.15, -0.1) is 0 Å². The highest BCUT2D eigenvalue weighted by Gasteiger charge is 2.20. The number of ether oxygens (including phenoxy) is 1. The summed E-state index contributed by atoms with van der Waals surface area (Å²) in [6.45, 7) is 1.82. The highest BCUT2D eigenvalue weighted by Crippen LogP contribution is 2.22. The molecular formula is C13H19N3O2. The Labute approximate surface area is 107 Å². The maximum absolute atomic E-state index is 11.2. The van der Waals surface area contributed by atoms with E-state index in [0.29, 0.717) is 11.4 Å². The van der Waals surface area contributed by atoms with Crippen LogP contribution >= 0.6 is 0 Å². The van der Waals surface area contributed by atoms with Crippen LogP contribution in [0.15, 0.2) is 12.1 Å². The van der Waals surface area contributed by atoms with E-state index in [1.54, 1.807) is 12.1 Å². The zero-order valence-corrected chi connectivity index (χ0v) is 10.6. The number of hydrogen-bond donors (Lipinski definition) is 2. The van der Waals surface area contributed by atoms with Gasteiger partial charge in [-0.2, -0.15) is 0 Å². The topological polar surface area (TPSA) is 91.2 Å². The second kappa shape index (κ2) is 5.35. The van der Waals surface area contributed by atoms with Crippen molar-refractivity contribution in [3.8, 4) is 5.88 Å². The molecule has 0 aromatic carbocycles. The Kier molecular flexibility index (Phi) is 3.81. The molecule has 1 aliphatic rings. The van der Waals surface area contributed by atoms with Crippen molar-refractivity contribution in [2.45, 2.75) is 44.8 Å². The number of amides is 1. The van der Waals surface area contributed by atoms with Crippen molar-refractivity contribution in [2.24, 2.45) is 11.5 Å². The molecule has 0 spiro atoms. The maximum Gasteiger partial charge on any atom is 0.248 e. The SMILES string of the molecule is Cc1cc(C(N)=O)cc(OC2CCC(N)CC2)n1. The zero-order chi connectivity index (χ0) is 13.1. The molecule has 1 aliphatic carbocycles. The van der Waals surface area contributed by atoms with E-state index < -0.39 is 5.91 Å². The van der Waals surface area contributed by atoms with Gasteiger partial charge in [0.1, 0.15) is 6.10 Å². The number of nitrogens with two attached hydrogens (primary N) is 2. The minimum atomic E-state index is -0.462. The highest BCUT2D eigenvalue weighted by molar-refractivity contribution is 5.93. The van der Waals surface area contributed by atoms with Crippen LogP contribution in [0, 0.1) is 6.92 Å². The molecule has 0 aliphatic heterocycles. The van der Waals surface area contributed by atoms with Gasteiger partial charge in [0.25, 0.3) is 0 Å². The summed E-state index contributed by atoms with van der Waals surface area (Å²) in [6.07, 6.45) is 3.95. The van der Waals surface area contributed by atoms with Crippen molar-refractivity contribution in [3.63, 3.8) is 0 Å². The molecule has 5 heteroatoms. The predicted octanol–water partition coefficient (Wildman–Crippen LogP) is 1.14. The Morgan fingerprint density at radius 2 is 2.00 bits per heavy atom. The molecule has 1 fully saturated rings. The van der Waals surface area contributed by atoms with E-state index in [0.717, 1.165) is 31.4 Å². The van der Waals surface area contributed by atoms with Crippen LogP contribution in [0.2, 0.25) is 0 Å². The fourth-order valence-corrected chi connectivity index (χ4v) is 2.22. The Morgan fingerprint density at radius 1 is 1.33 bits per heavy atom. The summed E-state index contributed by atoms with van der Waals surface area (Å²) in [7, 11) is 0. The summed E-state index contributed by atoms with van der Waals surface area (Å²) in [6, 6.07) is 3.55. The molecule has 1 aromatic heterocycles. The Bertz CT molecular complexity index is 440. The minimum Gasteiger partial charge on any atom is -0.474 e. The number of carbonyl (C=O) groups is 1. The number of hydrogen-bond acceptors (Lipinski definition) is 4. The van der Waals surface area contributed by atoms with Gasteiger partial charge >= 0.3 is 0 Å². The van der Waals surface area contributed by atoms with Gasteiger partial charge in [-0.3, -0.25) is 4.79 Å². The molecule has 1 aromatic rings. The fraction of sp³-hybridized carbons (Fsp3) is 0.538. The number of nitrogens with zero attached hydrogens (tertiary/aromatic N) is 1. The first-order valence-corrected chi connectivity index (χ1v) is 6.25. The van der Waals surface area contributed by atoms with Crippen LogP contribution in [0.3, 0.4) is 0 Å². The predicted molar refractivity (Wildman–Crippen MR) is 68.4 cm³/mol. The third-order valence-electron chi connectivity index (χ3n) is 3.22. The van der Waals surface area contributed by atoms with Gasteiger partial charge < -0.3 is 16.2 Å². The second-order valence-corrected chi connectivity index (χ2v) is 4.85. The molecule has 1 amide bonds. The van der Waals surface area contributed by atoms with Crippen LogP contribution in [0.25, 0.3) is 0 Å². The molecule has 0 saturated heterocycles. The highest BCUT2D eigenvalue weighted by atomic mass is 16.5. The molecule has 18 heavy (non-hydrogen) atoms. The quantitative estimate of drug-likeness (QED) is 0.840. The lowest BCUT2D eigenvalue weighted by molar-refractivity contribution is 0.0998. The second-order valence-electron chi connectivity index (χ2n) is 4.85. The summed E-state index contributed by atoms with van der Waals surface area (Å²) in [5.74, 6) is 0.0142. The first-order chi connectivity index (χ1) is 8.54. The third-order valence-corrected chi connectivity index (χ3v) is 3.22. The Balaban J connectivity index is 2.07. The first kappa shape index (κ1) is 12.8. The van der Waals surface area contributed by atoms with Crippen LogP contribution in [0.4, 0.5) is 0 Å². The molecule has 0 bridgehead atoms. The normalized spacial score (nSPS) is 23.7.